The van der Waals surface area contributed by atoms with Crippen LogP contribution in [0.2, 0.25) is 5.02 Å². The van der Waals surface area contributed by atoms with Gasteiger partial charge in [0.25, 0.3) is 0 Å². The lowest BCUT2D eigenvalue weighted by Gasteiger charge is -2.26. The molecule has 1 aliphatic heterocycles. The molecule has 0 atom stereocenters. The molecular formula is C22H23BrClF3N2O3. The number of halogens is 5. The van der Waals surface area contributed by atoms with Gasteiger partial charge < -0.3 is 14.8 Å². The summed E-state index contributed by atoms with van der Waals surface area (Å²) in [5, 5.41) is 2.77. The summed E-state index contributed by atoms with van der Waals surface area (Å²) in [5.74, 6) is 0.404. The van der Waals surface area contributed by atoms with Gasteiger partial charge in [0.15, 0.2) is 0 Å². The Hall–Kier alpha value is -1.81. The predicted octanol–water partition coefficient (Wildman–Crippen LogP) is 5.40. The summed E-state index contributed by atoms with van der Waals surface area (Å²) < 4.78 is 50.0. The van der Waals surface area contributed by atoms with Gasteiger partial charge >= 0.3 is 6.18 Å². The van der Waals surface area contributed by atoms with E-state index in [9.17, 15) is 18.0 Å². The molecule has 10 heteroatoms. The number of benzene rings is 2. The Morgan fingerprint density at radius 1 is 1.19 bits per heavy atom. The highest BCUT2D eigenvalue weighted by atomic mass is 79.9. The first-order valence-electron chi connectivity index (χ1n) is 10.1. The fraction of sp³-hybridized carbons (Fsp3) is 0.409. The van der Waals surface area contributed by atoms with Gasteiger partial charge in [0.2, 0.25) is 5.91 Å². The van der Waals surface area contributed by atoms with E-state index in [-0.39, 0.29) is 23.8 Å². The number of rotatable bonds is 8. The maximum absolute atomic E-state index is 12.7. The lowest BCUT2D eigenvalue weighted by Crippen LogP contribution is -2.38. The monoisotopic (exact) mass is 534 g/mol. The van der Waals surface area contributed by atoms with E-state index in [1.807, 2.05) is 0 Å². The molecule has 1 aliphatic rings. The average molecular weight is 536 g/mol. The highest BCUT2D eigenvalue weighted by molar-refractivity contribution is 9.10. The molecule has 174 valence electrons. The van der Waals surface area contributed by atoms with Crippen molar-refractivity contribution in [3.05, 3.63) is 57.0 Å². The maximum atomic E-state index is 12.7. The molecule has 0 aliphatic carbocycles. The average Bonchev–Trinajstić information content (AvgIpc) is 2.74. The number of nitrogens with one attached hydrogen (secondary N) is 1. The molecular weight excluding hydrogens is 513 g/mol. The van der Waals surface area contributed by atoms with Crippen molar-refractivity contribution in [3.63, 3.8) is 0 Å². The summed E-state index contributed by atoms with van der Waals surface area (Å²) in [6, 6.07) is 8.40. The number of amides is 1. The summed E-state index contributed by atoms with van der Waals surface area (Å²) in [6.45, 7) is 4.62. The molecule has 1 amide bonds. The molecule has 1 saturated heterocycles. The Labute approximate surface area is 197 Å². The van der Waals surface area contributed by atoms with Crippen LogP contribution in [0.25, 0.3) is 0 Å². The molecule has 1 N–H and O–H groups in total. The number of hydrogen-bond donors (Lipinski definition) is 1. The smallest absolute Gasteiger partial charge is 0.416 e. The lowest BCUT2D eigenvalue weighted by molar-refractivity contribution is -0.137. The lowest BCUT2D eigenvalue weighted by atomic mass is 10.1. The molecule has 1 fully saturated rings. The highest BCUT2D eigenvalue weighted by Crippen LogP contribution is 2.32. The molecule has 0 aromatic heterocycles. The Morgan fingerprint density at radius 2 is 1.94 bits per heavy atom. The molecule has 1 heterocycles. The molecule has 0 spiro atoms. The summed E-state index contributed by atoms with van der Waals surface area (Å²) in [7, 11) is 0. The molecule has 2 aromatic rings. The van der Waals surface area contributed by atoms with Crippen LogP contribution < -0.4 is 10.1 Å². The number of ether oxygens (including phenoxy) is 2. The minimum absolute atomic E-state index is 0.00560. The SMILES string of the molecule is O=C(CCc1ccc(C(F)(F)F)cc1Cl)Nc1ccc(OCCN2CCOCC2)c(Br)c1. The first-order chi connectivity index (χ1) is 15.2. The zero-order chi connectivity index (χ0) is 23.1. The Bertz CT molecular complexity index is 937. The van der Waals surface area contributed by atoms with Crippen molar-refractivity contribution < 1.29 is 27.4 Å². The summed E-state index contributed by atoms with van der Waals surface area (Å²) in [5.41, 5.74) is 0.258. The molecule has 0 radical (unpaired) electrons. The van der Waals surface area contributed by atoms with Gasteiger partial charge in [-0.1, -0.05) is 17.7 Å². The van der Waals surface area contributed by atoms with Crippen molar-refractivity contribution in [2.24, 2.45) is 0 Å². The third kappa shape index (κ3) is 7.37. The van der Waals surface area contributed by atoms with Crippen molar-refractivity contribution in [3.8, 4) is 5.75 Å². The van der Waals surface area contributed by atoms with Gasteiger partial charge in [0.05, 0.1) is 23.2 Å². The van der Waals surface area contributed by atoms with Crippen LogP contribution in [-0.2, 0) is 22.1 Å². The number of aryl methyl sites for hydroxylation is 1. The Kier molecular flexibility index (Phi) is 8.81. The number of carbonyl (C=O) groups is 1. The van der Waals surface area contributed by atoms with E-state index in [4.69, 9.17) is 21.1 Å². The largest absolute Gasteiger partial charge is 0.491 e. The zero-order valence-corrected chi connectivity index (χ0v) is 19.5. The number of morpholine rings is 1. The number of carbonyl (C=O) groups excluding carboxylic acids is 1. The van der Waals surface area contributed by atoms with Crippen molar-refractivity contribution in [1.82, 2.24) is 4.90 Å². The second kappa shape index (κ2) is 11.4. The first kappa shape index (κ1) is 24.8. The molecule has 32 heavy (non-hydrogen) atoms. The van der Waals surface area contributed by atoms with Gasteiger partial charge in [-0.3, -0.25) is 9.69 Å². The van der Waals surface area contributed by atoms with Crippen molar-refractivity contribution >= 4 is 39.1 Å². The third-order valence-corrected chi connectivity index (χ3v) is 5.96. The van der Waals surface area contributed by atoms with E-state index in [2.05, 4.69) is 26.1 Å². The molecule has 0 saturated carbocycles. The van der Waals surface area contributed by atoms with Crippen molar-refractivity contribution in [2.75, 3.05) is 44.8 Å². The van der Waals surface area contributed by atoms with Gasteiger partial charge in [-0.15, -0.1) is 0 Å². The van der Waals surface area contributed by atoms with Crippen LogP contribution in [0, 0.1) is 0 Å². The fourth-order valence-corrected chi connectivity index (χ4v) is 3.97. The zero-order valence-electron chi connectivity index (χ0n) is 17.2. The normalized spacial score (nSPS) is 14.9. The Balaban J connectivity index is 1.47. The van der Waals surface area contributed by atoms with Gasteiger partial charge in [0.1, 0.15) is 12.4 Å². The minimum atomic E-state index is -4.45. The molecule has 0 bridgehead atoms. The second-order valence-electron chi connectivity index (χ2n) is 7.30. The number of alkyl halides is 3. The van der Waals surface area contributed by atoms with Crippen LogP contribution in [0.5, 0.6) is 5.75 Å². The van der Waals surface area contributed by atoms with Crippen molar-refractivity contribution in [2.45, 2.75) is 19.0 Å². The fourth-order valence-electron chi connectivity index (χ4n) is 3.20. The molecule has 0 unspecified atom stereocenters. The summed E-state index contributed by atoms with van der Waals surface area (Å²) >= 11 is 9.40. The molecule has 3 rings (SSSR count). The van der Waals surface area contributed by atoms with Gasteiger partial charge in [0, 0.05) is 36.8 Å². The Morgan fingerprint density at radius 3 is 2.59 bits per heavy atom. The van der Waals surface area contributed by atoms with Gasteiger partial charge in [-0.25, -0.2) is 0 Å². The summed E-state index contributed by atoms with van der Waals surface area (Å²) in [4.78, 5) is 14.5. The predicted molar refractivity (Wildman–Crippen MR) is 120 cm³/mol. The van der Waals surface area contributed by atoms with Gasteiger partial charge in [-0.2, -0.15) is 13.2 Å². The third-order valence-electron chi connectivity index (χ3n) is 4.99. The topological polar surface area (TPSA) is 50.8 Å². The van der Waals surface area contributed by atoms with Crippen LogP contribution in [0.1, 0.15) is 17.5 Å². The number of nitrogens with zero attached hydrogens (tertiary/aromatic N) is 1. The van der Waals surface area contributed by atoms with Crippen LogP contribution in [0.15, 0.2) is 40.9 Å². The first-order valence-corrected chi connectivity index (χ1v) is 11.3. The van der Waals surface area contributed by atoms with E-state index in [0.29, 0.717) is 28.1 Å². The highest BCUT2D eigenvalue weighted by Gasteiger charge is 2.30. The summed E-state index contributed by atoms with van der Waals surface area (Å²) in [6.07, 6.45) is -4.14. The van der Waals surface area contributed by atoms with E-state index in [1.54, 1.807) is 18.2 Å². The van der Waals surface area contributed by atoms with Crippen LogP contribution in [0.4, 0.5) is 18.9 Å². The van der Waals surface area contributed by atoms with E-state index < -0.39 is 11.7 Å². The van der Waals surface area contributed by atoms with E-state index in [0.717, 1.165) is 45.0 Å². The quantitative estimate of drug-likeness (QED) is 0.492. The van der Waals surface area contributed by atoms with Crippen LogP contribution >= 0.6 is 27.5 Å². The number of hydrogen-bond acceptors (Lipinski definition) is 4. The van der Waals surface area contributed by atoms with E-state index in [1.165, 1.54) is 6.07 Å². The molecule has 5 nitrogen and oxygen atoms in total. The maximum Gasteiger partial charge on any atom is 0.416 e. The molecule has 2 aromatic carbocycles. The number of anilines is 1. The van der Waals surface area contributed by atoms with Gasteiger partial charge in [-0.05, 0) is 58.2 Å². The van der Waals surface area contributed by atoms with Crippen LogP contribution in [-0.4, -0.2) is 50.3 Å². The second-order valence-corrected chi connectivity index (χ2v) is 8.56. The van der Waals surface area contributed by atoms with E-state index >= 15 is 0 Å². The minimum Gasteiger partial charge on any atom is -0.491 e. The van der Waals surface area contributed by atoms with Crippen molar-refractivity contribution in [1.29, 1.82) is 0 Å². The standard InChI is InChI=1S/C22H23BrClF3N2O3/c23-18-14-17(4-5-20(18)32-12-9-29-7-10-31-11-8-29)28-21(30)6-2-15-1-3-16(13-19(15)24)22(25,26)27/h1,3-5,13-14H,2,6-12H2,(H,28,30). The van der Waals surface area contributed by atoms with Crippen LogP contribution in [0.3, 0.4) is 0 Å².